The second-order valence-electron chi connectivity index (χ2n) is 4.49. The van der Waals surface area contributed by atoms with Gasteiger partial charge in [0.15, 0.2) is 0 Å². The fourth-order valence-electron chi connectivity index (χ4n) is 1.98. The van der Waals surface area contributed by atoms with Crippen molar-refractivity contribution in [3.8, 4) is 0 Å². The van der Waals surface area contributed by atoms with Gasteiger partial charge in [-0.25, -0.2) is 0 Å². The summed E-state index contributed by atoms with van der Waals surface area (Å²) in [5.41, 5.74) is 0. The van der Waals surface area contributed by atoms with Gasteiger partial charge >= 0.3 is 0 Å². The Morgan fingerprint density at radius 2 is 0.875 bits per heavy atom. The van der Waals surface area contributed by atoms with Crippen LogP contribution in [0, 0.1) is 0 Å². The molecule has 0 bridgehead atoms. The lowest BCUT2D eigenvalue weighted by Crippen LogP contribution is -2.30. The summed E-state index contributed by atoms with van der Waals surface area (Å²) in [6, 6.07) is 0. The Bertz CT molecular complexity index is 267. The van der Waals surface area contributed by atoms with Gasteiger partial charge in [0.1, 0.15) is 0 Å². The first kappa shape index (κ1) is 11.0. The Morgan fingerprint density at radius 1 is 0.625 bits per heavy atom. The van der Waals surface area contributed by atoms with Crippen LogP contribution in [-0.2, 0) is 0 Å². The van der Waals surface area contributed by atoms with E-state index in [1.54, 1.807) is 0 Å². The smallest absolute Gasteiger partial charge is 0.221 e. The third kappa shape index (κ3) is 1.91. The molecule has 6 nitrogen and oxygen atoms in total. The van der Waals surface area contributed by atoms with Gasteiger partial charge in [-0.15, -0.1) is 10.2 Å². The van der Waals surface area contributed by atoms with E-state index in [1.807, 2.05) is 28.2 Å². The minimum Gasteiger partial charge on any atom is -0.343 e. The van der Waals surface area contributed by atoms with Crippen molar-refractivity contribution in [3.05, 3.63) is 0 Å². The van der Waals surface area contributed by atoms with E-state index in [1.165, 1.54) is 0 Å². The van der Waals surface area contributed by atoms with Crippen molar-refractivity contribution in [2.24, 2.45) is 10.2 Å². The van der Waals surface area contributed by atoms with E-state index >= 15 is 0 Å². The van der Waals surface area contributed by atoms with Gasteiger partial charge in [0.05, 0.1) is 0 Å². The van der Waals surface area contributed by atoms with Crippen LogP contribution < -0.4 is 0 Å². The van der Waals surface area contributed by atoms with Gasteiger partial charge in [-0.1, -0.05) is 0 Å². The molecule has 2 rings (SSSR count). The molecule has 2 heterocycles. The summed E-state index contributed by atoms with van der Waals surface area (Å²) in [6.07, 6.45) is 0. The van der Waals surface area contributed by atoms with Crippen LogP contribution in [0.3, 0.4) is 0 Å². The number of likely N-dealkylation sites (N-methyl/N-ethyl adjacent to an activating group) is 4. The molecule has 0 N–H and O–H groups in total. The summed E-state index contributed by atoms with van der Waals surface area (Å²) in [5.74, 6) is 1.89. The zero-order valence-electron chi connectivity index (χ0n) is 10.5. The lowest BCUT2D eigenvalue weighted by molar-refractivity contribution is 0.553. The van der Waals surface area contributed by atoms with Gasteiger partial charge in [-0.05, 0) is 0 Å². The predicted octanol–water partition coefficient (Wildman–Crippen LogP) is -0.632. The van der Waals surface area contributed by atoms with E-state index in [4.69, 9.17) is 0 Å². The zero-order chi connectivity index (χ0) is 11.7. The SMILES string of the molecule is CN1CCN(C)C1=NN=C1N(C)CCN1C. The summed E-state index contributed by atoms with van der Waals surface area (Å²) >= 11 is 0. The van der Waals surface area contributed by atoms with Gasteiger partial charge in [-0.3, -0.25) is 0 Å². The van der Waals surface area contributed by atoms with E-state index in [0.717, 1.165) is 38.1 Å². The molecule has 0 amide bonds. The van der Waals surface area contributed by atoms with Crippen molar-refractivity contribution in [2.75, 3.05) is 54.4 Å². The number of nitrogens with zero attached hydrogens (tertiary/aromatic N) is 6. The van der Waals surface area contributed by atoms with Crippen molar-refractivity contribution < 1.29 is 0 Å². The molecule has 2 saturated heterocycles. The van der Waals surface area contributed by atoms with E-state index in [-0.39, 0.29) is 0 Å². The monoisotopic (exact) mass is 224 g/mol. The Balaban J connectivity index is 2.15. The molecule has 90 valence electrons. The minimum absolute atomic E-state index is 0.946. The number of hydrogen-bond acceptors (Lipinski definition) is 2. The first-order valence-corrected chi connectivity index (χ1v) is 5.60. The quantitative estimate of drug-likeness (QED) is 0.556. The molecule has 2 aliphatic heterocycles. The van der Waals surface area contributed by atoms with Gasteiger partial charge in [-0.2, -0.15) is 0 Å². The summed E-state index contributed by atoms with van der Waals surface area (Å²) in [7, 11) is 8.18. The van der Waals surface area contributed by atoms with E-state index < -0.39 is 0 Å². The maximum atomic E-state index is 4.34. The zero-order valence-corrected chi connectivity index (χ0v) is 10.5. The second kappa shape index (κ2) is 4.19. The van der Waals surface area contributed by atoms with Gasteiger partial charge < -0.3 is 19.6 Å². The fourth-order valence-corrected chi connectivity index (χ4v) is 1.98. The van der Waals surface area contributed by atoms with Gasteiger partial charge in [0.25, 0.3) is 0 Å². The molecular formula is C10H20N6. The highest BCUT2D eigenvalue weighted by molar-refractivity contribution is 5.85. The van der Waals surface area contributed by atoms with E-state index in [2.05, 4.69) is 29.8 Å². The van der Waals surface area contributed by atoms with Crippen LogP contribution in [0.2, 0.25) is 0 Å². The van der Waals surface area contributed by atoms with Crippen LogP contribution >= 0.6 is 0 Å². The Kier molecular flexibility index (Phi) is 2.89. The Morgan fingerprint density at radius 3 is 1.12 bits per heavy atom. The maximum Gasteiger partial charge on any atom is 0.221 e. The van der Waals surface area contributed by atoms with Gasteiger partial charge in [0, 0.05) is 54.4 Å². The lowest BCUT2D eigenvalue weighted by Gasteiger charge is -2.16. The van der Waals surface area contributed by atoms with E-state index in [0.29, 0.717) is 0 Å². The summed E-state index contributed by atoms with van der Waals surface area (Å²) < 4.78 is 0. The van der Waals surface area contributed by atoms with Gasteiger partial charge in [0.2, 0.25) is 11.9 Å². The highest BCUT2D eigenvalue weighted by atomic mass is 15.5. The van der Waals surface area contributed by atoms with Crippen molar-refractivity contribution in [1.29, 1.82) is 0 Å². The van der Waals surface area contributed by atoms with Crippen LogP contribution in [-0.4, -0.2) is 85.9 Å². The summed E-state index contributed by atoms with van der Waals surface area (Å²) in [4.78, 5) is 8.50. The summed E-state index contributed by atoms with van der Waals surface area (Å²) in [6.45, 7) is 4.08. The van der Waals surface area contributed by atoms with Crippen molar-refractivity contribution in [1.82, 2.24) is 19.6 Å². The highest BCUT2D eigenvalue weighted by Crippen LogP contribution is 2.07. The number of rotatable bonds is 1. The minimum atomic E-state index is 0.946. The first-order valence-electron chi connectivity index (χ1n) is 5.60. The molecule has 0 spiro atoms. The Hall–Kier alpha value is -1.46. The molecule has 0 atom stereocenters. The second-order valence-corrected chi connectivity index (χ2v) is 4.49. The molecule has 16 heavy (non-hydrogen) atoms. The molecule has 0 aromatic rings. The maximum absolute atomic E-state index is 4.34. The highest BCUT2D eigenvalue weighted by Gasteiger charge is 2.22. The number of guanidine groups is 2. The third-order valence-electron chi connectivity index (χ3n) is 3.14. The van der Waals surface area contributed by atoms with Crippen LogP contribution in [0.15, 0.2) is 10.2 Å². The third-order valence-corrected chi connectivity index (χ3v) is 3.14. The van der Waals surface area contributed by atoms with Crippen LogP contribution in [0.5, 0.6) is 0 Å². The number of hydrogen-bond donors (Lipinski definition) is 0. The van der Waals surface area contributed by atoms with Crippen molar-refractivity contribution >= 4 is 11.9 Å². The molecule has 0 aromatic carbocycles. The largest absolute Gasteiger partial charge is 0.343 e. The Labute approximate surface area is 96.8 Å². The molecule has 0 unspecified atom stereocenters. The molecule has 0 aliphatic carbocycles. The molecule has 0 radical (unpaired) electrons. The van der Waals surface area contributed by atoms with E-state index in [9.17, 15) is 0 Å². The van der Waals surface area contributed by atoms with Crippen molar-refractivity contribution in [3.63, 3.8) is 0 Å². The molecule has 2 fully saturated rings. The molecule has 0 saturated carbocycles. The topological polar surface area (TPSA) is 37.7 Å². The first-order chi connectivity index (χ1) is 7.59. The van der Waals surface area contributed by atoms with Crippen LogP contribution in [0.4, 0.5) is 0 Å². The normalized spacial score (nSPS) is 21.2. The fraction of sp³-hybridized carbons (Fsp3) is 0.800. The average molecular weight is 224 g/mol. The lowest BCUT2D eigenvalue weighted by atomic mass is 10.6. The average Bonchev–Trinajstić information content (AvgIpc) is 2.72. The van der Waals surface area contributed by atoms with Crippen molar-refractivity contribution in [2.45, 2.75) is 0 Å². The molecule has 6 heteroatoms. The summed E-state index contributed by atoms with van der Waals surface area (Å²) in [5, 5.41) is 8.68. The van der Waals surface area contributed by atoms with Crippen LogP contribution in [0.1, 0.15) is 0 Å². The molecular weight excluding hydrogens is 204 g/mol. The molecule has 2 aliphatic rings. The molecule has 0 aromatic heterocycles. The standard InChI is InChI=1S/C10H20N6/c1-13-5-6-14(2)9(13)11-12-10-15(3)7-8-16(10)4/h5-8H2,1-4H3. The predicted molar refractivity (Wildman–Crippen MR) is 65.4 cm³/mol. The van der Waals surface area contributed by atoms with Crippen LogP contribution in [0.25, 0.3) is 0 Å².